The van der Waals surface area contributed by atoms with Crippen molar-refractivity contribution in [3.63, 3.8) is 0 Å². The van der Waals surface area contributed by atoms with Crippen LogP contribution in [-0.2, 0) is 6.54 Å². The van der Waals surface area contributed by atoms with Gasteiger partial charge >= 0.3 is 0 Å². The number of nitrogens with zero attached hydrogens (tertiary/aromatic N) is 2. The summed E-state index contributed by atoms with van der Waals surface area (Å²) < 4.78 is 1.22. The van der Waals surface area contributed by atoms with Crippen molar-refractivity contribution in [2.24, 2.45) is 0 Å². The molecule has 92 valence electrons. The smallest absolute Gasteiger partial charge is 0.184 e. The van der Waals surface area contributed by atoms with E-state index < -0.39 is 0 Å². The Kier molecular flexibility index (Phi) is 3.01. The molecule has 1 aromatic carbocycles. The fraction of sp³-hybridized carbons (Fsp3) is 0.231. The lowest BCUT2D eigenvalue weighted by Crippen LogP contribution is -1.98. The summed E-state index contributed by atoms with van der Waals surface area (Å²) in [6, 6.07) is 6.36. The molecule has 0 aliphatic heterocycles. The van der Waals surface area contributed by atoms with Crippen molar-refractivity contribution in [2.45, 2.75) is 20.4 Å². The number of thiazole rings is 2. The molecule has 2 heterocycles. The van der Waals surface area contributed by atoms with Gasteiger partial charge in [-0.1, -0.05) is 17.4 Å². The van der Waals surface area contributed by atoms with Crippen LogP contribution >= 0.6 is 22.7 Å². The first-order chi connectivity index (χ1) is 8.70. The molecule has 0 fully saturated rings. The highest BCUT2D eigenvalue weighted by molar-refractivity contribution is 7.22. The number of hydrogen-bond donors (Lipinski definition) is 1. The molecule has 0 aliphatic rings. The van der Waals surface area contributed by atoms with Gasteiger partial charge in [0.2, 0.25) is 0 Å². The summed E-state index contributed by atoms with van der Waals surface area (Å²) in [4.78, 5) is 9.01. The van der Waals surface area contributed by atoms with E-state index in [-0.39, 0.29) is 0 Å². The van der Waals surface area contributed by atoms with Crippen molar-refractivity contribution in [1.29, 1.82) is 0 Å². The average molecular weight is 275 g/mol. The van der Waals surface area contributed by atoms with Crippen LogP contribution in [0.2, 0.25) is 0 Å². The highest BCUT2D eigenvalue weighted by atomic mass is 32.1. The van der Waals surface area contributed by atoms with E-state index in [0.717, 1.165) is 27.9 Å². The summed E-state index contributed by atoms with van der Waals surface area (Å²) >= 11 is 3.36. The maximum absolute atomic E-state index is 4.58. The highest BCUT2D eigenvalue weighted by Gasteiger charge is 2.04. The predicted octanol–water partition coefficient (Wildman–Crippen LogP) is 3.98. The van der Waals surface area contributed by atoms with Crippen molar-refractivity contribution >= 4 is 38.0 Å². The zero-order valence-corrected chi connectivity index (χ0v) is 11.9. The van der Waals surface area contributed by atoms with Crippen LogP contribution in [-0.4, -0.2) is 9.97 Å². The molecule has 3 rings (SSSR count). The standard InChI is InChI=1S/C13H13N3S2/c1-8-3-4-12-11(5-8)16-13(18-12)14-6-10-7-17-9(2)15-10/h3-5,7H,6H2,1-2H3,(H,14,16). The molecule has 0 atom stereocenters. The molecular weight excluding hydrogens is 262 g/mol. The van der Waals surface area contributed by atoms with Crippen molar-refractivity contribution in [3.05, 3.63) is 39.8 Å². The average Bonchev–Trinajstić information content (AvgIpc) is 2.92. The van der Waals surface area contributed by atoms with Gasteiger partial charge in [-0.3, -0.25) is 0 Å². The molecule has 3 nitrogen and oxygen atoms in total. The summed E-state index contributed by atoms with van der Waals surface area (Å²) in [5.74, 6) is 0. The van der Waals surface area contributed by atoms with E-state index in [0.29, 0.717) is 0 Å². The molecule has 3 aromatic rings. The molecule has 0 unspecified atom stereocenters. The zero-order chi connectivity index (χ0) is 12.5. The van der Waals surface area contributed by atoms with Gasteiger partial charge in [-0.25, -0.2) is 9.97 Å². The first kappa shape index (κ1) is 11.6. The molecule has 0 radical (unpaired) electrons. The third-order valence-corrected chi connectivity index (χ3v) is 4.45. The Hall–Kier alpha value is -1.46. The lowest BCUT2D eigenvalue weighted by molar-refractivity contribution is 1.05. The minimum atomic E-state index is 0.739. The number of aryl methyl sites for hydroxylation is 2. The Morgan fingerprint density at radius 2 is 2.11 bits per heavy atom. The van der Waals surface area contributed by atoms with Crippen LogP contribution in [0.5, 0.6) is 0 Å². The fourth-order valence-corrected chi connectivity index (χ4v) is 3.22. The summed E-state index contributed by atoms with van der Waals surface area (Å²) in [5, 5.41) is 7.48. The van der Waals surface area contributed by atoms with Crippen LogP contribution in [0.1, 0.15) is 16.3 Å². The normalized spacial score (nSPS) is 11.0. The Morgan fingerprint density at radius 1 is 1.22 bits per heavy atom. The quantitative estimate of drug-likeness (QED) is 0.785. The first-order valence-electron chi connectivity index (χ1n) is 5.73. The van der Waals surface area contributed by atoms with Gasteiger partial charge in [-0.15, -0.1) is 11.3 Å². The third kappa shape index (κ3) is 2.37. The number of anilines is 1. The van der Waals surface area contributed by atoms with E-state index in [1.165, 1.54) is 10.3 Å². The maximum Gasteiger partial charge on any atom is 0.184 e. The minimum absolute atomic E-state index is 0.739. The SMILES string of the molecule is Cc1ccc2sc(NCc3csc(C)n3)nc2c1. The topological polar surface area (TPSA) is 37.8 Å². The van der Waals surface area contributed by atoms with E-state index >= 15 is 0 Å². The van der Waals surface area contributed by atoms with Gasteiger partial charge < -0.3 is 5.32 Å². The second-order valence-electron chi connectivity index (χ2n) is 4.20. The predicted molar refractivity (Wildman–Crippen MR) is 78.5 cm³/mol. The van der Waals surface area contributed by atoms with Crippen LogP contribution < -0.4 is 5.32 Å². The number of rotatable bonds is 3. The van der Waals surface area contributed by atoms with Crippen molar-refractivity contribution in [1.82, 2.24) is 9.97 Å². The molecule has 0 saturated carbocycles. The number of aromatic nitrogens is 2. The molecule has 18 heavy (non-hydrogen) atoms. The van der Waals surface area contributed by atoms with E-state index in [4.69, 9.17) is 0 Å². The fourth-order valence-electron chi connectivity index (χ4n) is 1.77. The summed E-state index contributed by atoms with van der Waals surface area (Å²) in [6.45, 7) is 4.85. The minimum Gasteiger partial charge on any atom is -0.356 e. The lowest BCUT2D eigenvalue weighted by Gasteiger charge is -1.97. The number of fused-ring (bicyclic) bond motifs is 1. The van der Waals surface area contributed by atoms with E-state index in [1.54, 1.807) is 22.7 Å². The molecular formula is C13H13N3S2. The molecule has 5 heteroatoms. The first-order valence-corrected chi connectivity index (χ1v) is 7.42. The number of hydrogen-bond acceptors (Lipinski definition) is 5. The molecule has 0 aliphatic carbocycles. The molecule has 2 aromatic heterocycles. The Bertz CT molecular complexity index is 684. The van der Waals surface area contributed by atoms with Gasteiger partial charge in [-0.05, 0) is 31.5 Å². The Morgan fingerprint density at radius 3 is 2.89 bits per heavy atom. The van der Waals surface area contributed by atoms with Crippen LogP contribution in [0.15, 0.2) is 23.6 Å². The Balaban J connectivity index is 1.78. The van der Waals surface area contributed by atoms with E-state index in [2.05, 4.69) is 45.8 Å². The van der Waals surface area contributed by atoms with Gasteiger partial charge in [0, 0.05) is 5.38 Å². The van der Waals surface area contributed by atoms with Crippen LogP contribution in [0.25, 0.3) is 10.2 Å². The number of benzene rings is 1. The second kappa shape index (κ2) is 4.66. The van der Waals surface area contributed by atoms with Gasteiger partial charge in [0.05, 0.1) is 27.5 Å². The lowest BCUT2D eigenvalue weighted by atomic mass is 10.2. The molecule has 0 amide bonds. The summed E-state index contributed by atoms with van der Waals surface area (Å²) in [5.41, 5.74) is 3.39. The Labute approximate surface area is 114 Å². The zero-order valence-electron chi connectivity index (χ0n) is 10.2. The van der Waals surface area contributed by atoms with Gasteiger partial charge in [0.25, 0.3) is 0 Å². The highest BCUT2D eigenvalue weighted by Crippen LogP contribution is 2.26. The second-order valence-corrected chi connectivity index (χ2v) is 6.29. The van der Waals surface area contributed by atoms with Crippen LogP contribution in [0.3, 0.4) is 0 Å². The monoisotopic (exact) mass is 275 g/mol. The molecule has 1 N–H and O–H groups in total. The van der Waals surface area contributed by atoms with Crippen molar-refractivity contribution < 1.29 is 0 Å². The van der Waals surface area contributed by atoms with Crippen molar-refractivity contribution in [3.8, 4) is 0 Å². The third-order valence-electron chi connectivity index (χ3n) is 2.63. The van der Waals surface area contributed by atoms with Crippen LogP contribution in [0, 0.1) is 13.8 Å². The maximum atomic E-state index is 4.58. The van der Waals surface area contributed by atoms with Crippen LogP contribution in [0.4, 0.5) is 5.13 Å². The van der Waals surface area contributed by atoms with Gasteiger partial charge in [-0.2, -0.15) is 0 Å². The van der Waals surface area contributed by atoms with E-state index in [1.807, 2.05) is 6.92 Å². The summed E-state index contributed by atoms with van der Waals surface area (Å²) in [7, 11) is 0. The largest absolute Gasteiger partial charge is 0.356 e. The van der Waals surface area contributed by atoms with Crippen molar-refractivity contribution in [2.75, 3.05) is 5.32 Å². The molecule has 0 spiro atoms. The van der Waals surface area contributed by atoms with Gasteiger partial charge in [0.15, 0.2) is 5.13 Å². The van der Waals surface area contributed by atoms with Gasteiger partial charge in [0.1, 0.15) is 0 Å². The number of nitrogens with one attached hydrogen (secondary N) is 1. The van der Waals surface area contributed by atoms with E-state index in [9.17, 15) is 0 Å². The summed E-state index contributed by atoms with van der Waals surface area (Å²) in [6.07, 6.45) is 0. The molecule has 0 saturated heterocycles. The molecule has 0 bridgehead atoms.